The topological polar surface area (TPSA) is 74.2 Å². The van der Waals surface area contributed by atoms with E-state index in [1.54, 1.807) is 6.92 Å². The number of hydrogen-bond acceptors (Lipinski definition) is 5. The Kier molecular flexibility index (Phi) is 3.78. The maximum Gasteiger partial charge on any atom is 0.415 e. The lowest BCUT2D eigenvalue weighted by molar-refractivity contribution is -0.190. The predicted molar refractivity (Wildman–Crippen MR) is 52.1 cm³/mol. The molecule has 0 aliphatic carbocycles. The second-order valence-electron chi connectivity index (χ2n) is 3.97. The van der Waals surface area contributed by atoms with Gasteiger partial charge in [-0.3, -0.25) is 0 Å². The van der Waals surface area contributed by atoms with Gasteiger partial charge in [0, 0.05) is 13.5 Å². The molecular formula is C9H14F3N3O2. The second kappa shape index (κ2) is 4.61. The number of hydrogen-bond donors (Lipinski definition) is 1. The average Bonchev–Trinajstić information content (AvgIpc) is 2.64. The number of nitrogens with two attached hydrogens (primary N) is 1. The summed E-state index contributed by atoms with van der Waals surface area (Å²) in [5, 5.41) is 3.44. The summed E-state index contributed by atoms with van der Waals surface area (Å²) in [4.78, 5) is 3.63. The third kappa shape index (κ3) is 2.95. The van der Waals surface area contributed by atoms with E-state index in [0.717, 1.165) is 6.92 Å². The van der Waals surface area contributed by atoms with Crippen LogP contribution in [0.15, 0.2) is 4.52 Å². The lowest BCUT2D eigenvalue weighted by Gasteiger charge is -2.22. The zero-order valence-electron chi connectivity index (χ0n) is 9.71. The zero-order chi connectivity index (χ0) is 13.3. The molecule has 1 rings (SSSR count). The Balaban J connectivity index is 2.88. The van der Waals surface area contributed by atoms with Crippen LogP contribution in [-0.2, 0) is 16.7 Å². The number of rotatable bonds is 4. The van der Waals surface area contributed by atoms with Gasteiger partial charge in [-0.1, -0.05) is 5.16 Å². The predicted octanol–water partition coefficient (Wildman–Crippen LogP) is 1.38. The largest absolute Gasteiger partial charge is 0.415 e. The molecule has 0 saturated carbocycles. The van der Waals surface area contributed by atoms with Crippen LogP contribution in [0.1, 0.15) is 25.6 Å². The lowest BCUT2D eigenvalue weighted by Crippen LogP contribution is -2.48. The van der Waals surface area contributed by atoms with Gasteiger partial charge in [0.15, 0.2) is 11.4 Å². The molecule has 98 valence electrons. The molecule has 0 radical (unpaired) electrons. The fraction of sp³-hybridized carbons (Fsp3) is 0.778. The van der Waals surface area contributed by atoms with E-state index in [4.69, 9.17) is 10.5 Å². The molecule has 5 nitrogen and oxygen atoms in total. The van der Waals surface area contributed by atoms with Gasteiger partial charge < -0.3 is 15.0 Å². The summed E-state index contributed by atoms with van der Waals surface area (Å²) in [6.07, 6.45) is -4.60. The summed E-state index contributed by atoms with van der Waals surface area (Å²) in [7, 11) is 1.48. The van der Waals surface area contributed by atoms with Crippen molar-refractivity contribution < 1.29 is 22.4 Å². The highest BCUT2D eigenvalue weighted by atomic mass is 19.4. The molecule has 0 amide bonds. The highest BCUT2D eigenvalue weighted by Crippen LogP contribution is 2.35. The van der Waals surface area contributed by atoms with Crippen LogP contribution < -0.4 is 5.73 Å². The Morgan fingerprint density at radius 1 is 1.47 bits per heavy atom. The molecule has 0 aliphatic heterocycles. The van der Waals surface area contributed by atoms with Crippen molar-refractivity contribution in [2.24, 2.45) is 5.73 Å². The monoisotopic (exact) mass is 253 g/mol. The molecule has 1 aromatic rings. The van der Waals surface area contributed by atoms with Crippen LogP contribution >= 0.6 is 0 Å². The minimum absolute atomic E-state index is 0.135. The summed E-state index contributed by atoms with van der Waals surface area (Å²) in [6, 6.07) is 0. The molecule has 0 fully saturated rings. The van der Waals surface area contributed by atoms with Crippen molar-refractivity contribution in [3.05, 3.63) is 11.7 Å². The number of ether oxygens (including phenoxy) is 1. The first-order valence-corrected chi connectivity index (χ1v) is 4.90. The van der Waals surface area contributed by atoms with E-state index in [1.807, 2.05) is 0 Å². The minimum atomic E-state index is -4.65. The van der Waals surface area contributed by atoms with E-state index in [0.29, 0.717) is 0 Å². The molecule has 0 bridgehead atoms. The lowest BCUT2D eigenvalue weighted by atomic mass is 10.0. The first-order chi connectivity index (χ1) is 7.68. The van der Waals surface area contributed by atoms with Gasteiger partial charge in [-0.15, -0.1) is 0 Å². The average molecular weight is 253 g/mol. The molecule has 0 spiro atoms. The van der Waals surface area contributed by atoms with Crippen molar-refractivity contribution in [1.29, 1.82) is 0 Å². The molecule has 17 heavy (non-hydrogen) atoms. The first kappa shape index (κ1) is 13.9. The molecule has 8 heteroatoms. The molecule has 0 saturated heterocycles. The van der Waals surface area contributed by atoms with Gasteiger partial charge in [0.05, 0.1) is 6.10 Å². The third-order valence-corrected chi connectivity index (χ3v) is 2.37. The Labute approximate surface area is 96.1 Å². The molecule has 0 aliphatic rings. The fourth-order valence-corrected chi connectivity index (χ4v) is 1.01. The van der Waals surface area contributed by atoms with Crippen LogP contribution in [0.2, 0.25) is 0 Å². The van der Waals surface area contributed by atoms with Crippen molar-refractivity contribution in [1.82, 2.24) is 10.1 Å². The summed E-state index contributed by atoms with van der Waals surface area (Å²) >= 11 is 0. The van der Waals surface area contributed by atoms with Crippen LogP contribution in [0.5, 0.6) is 0 Å². The highest BCUT2D eigenvalue weighted by molar-refractivity contribution is 5.04. The van der Waals surface area contributed by atoms with Crippen molar-refractivity contribution in [2.75, 3.05) is 7.11 Å². The zero-order valence-corrected chi connectivity index (χ0v) is 9.71. The van der Waals surface area contributed by atoms with E-state index < -0.39 is 17.6 Å². The number of methoxy groups -OCH3 is 1. The Morgan fingerprint density at radius 3 is 2.53 bits per heavy atom. The Morgan fingerprint density at radius 2 is 2.06 bits per heavy atom. The SMILES string of the molecule is COC(C)Cc1noc(C(C)(N)C(F)(F)F)n1. The minimum Gasteiger partial charge on any atom is -0.381 e. The fourth-order valence-electron chi connectivity index (χ4n) is 1.01. The van der Waals surface area contributed by atoms with Crippen molar-refractivity contribution in [3.8, 4) is 0 Å². The quantitative estimate of drug-likeness (QED) is 0.877. The molecule has 1 aromatic heterocycles. The van der Waals surface area contributed by atoms with Gasteiger partial charge in [-0.05, 0) is 13.8 Å². The van der Waals surface area contributed by atoms with Crippen LogP contribution in [0, 0.1) is 0 Å². The van der Waals surface area contributed by atoms with Crippen LogP contribution in [-0.4, -0.2) is 29.5 Å². The highest BCUT2D eigenvalue weighted by Gasteiger charge is 2.53. The van der Waals surface area contributed by atoms with E-state index in [-0.39, 0.29) is 18.3 Å². The van der Waals surface area contributed by atoms with Gasteiger partial charge in [0.1, 0.15) is 0 Å². The normalized spacial score (nSPS) is 17.8. The number of alkyl halides is 3. The molecular weight excluding hydrogens is 239 g/mol. The van der Waals surface area contributed by atoms with Crippen molar-refractivity contribution in [2.45, 2.75) is 38.1 Å². The van der Waals surface area contributed by atoms with E-state index in [2.05, 4.69) is 14.7 Å². The van der Waals surface area contributed by atoms with Gasteiger partial charge in [0.2, 0.25) is 0 Å². The summed E-state index contributed by atoms with van der Waals surface area (Å²) in [5.41, 5.74) is 2.49. The molecule has 1 heterocycles. The maximum atomic E-state index is 12.6. The van der Waals surface area contributed by atoms with E-state index in [9.17, 15) is 13.2 Å². The molecule has 0 aromatic carbocycles. The van der Waals surface area contributed by atoms with Crippen molar-refractivity contribution >= 4 is 0 Å². The van der Waals surface area contributed by atoms with Crippen molar-refractivity contribution in [3.63, 3.8) is 0 Å². The second-order valence-corrected chi connectivity index (χ2v) is 3.97. The standard InChI is InChI=1S/C9H14F3N3O2/c1-5(16-3)4-6-14-7(17-15-6)8(2,13)9(10,11)12/h5H,4,13H2,1-3H3. The van der Waals surface area contributed by atoms with Gasteiger partial charge in [0.25, 0.3) is 5.89 Å². The van der Waals surface area contributed by atoms with E-state index in [1.165, 1.54) is 7.11 Å². The number of halogens is 3. The van der Waals surface area contributed by atoms with Gasteiger partial charge in [-0.2, -0.15) is 18.2 Å². The smallest absolute Gasteiger partial charge is 0.381 e. The van der Waals surface area contributed by atoms with E-state index >= 15 is 0 Å². The number of aromatic nitrogens is 2. The Bertz CT molecular complexity index is 376. The van der Waals surface area contributed by atoms with Gasteiger partial charge in [-0.25, -0.2) is 0 Å². The van der Waals surface area contributed by atoms with Crippen LogP contribution in [0.4, 0.5) is 13.2 Å². The Hall–Kier alpha value is -1.15. The first-order valence-electron chi connectivity index (χ1n) is 4.90. The summed E-state index contributed by atoms with van der Waals surface area (Å²) in [6.45, 7) is 2.52. The van der Waals surface area contributed by atoms with Gasteiger partial charge >= 0.3 is 6.18 Å². The molecule has 2 N–H and O–H groups in total. The molecule has 2 unspecified atom stereocenters. The van der Waals surface area contributed by atoms with Crippen LogP contribution in [0.3, 0.4) is 0 Å². The third-order valence-electron chi connectivity index (χ3n) is 2.37. The summed E-state index contributed by atoms with van der Waals surface area (Å²) < 4.78 is 47.2. The number of nitrogens with zero attached hydrogens (tertiary/aromatic N) is 2. The van der Waals surface area contributed by atoms with Crippen LogP contribution in [0.25, 0.3) is 0 Å². The summed E-state index contributed by atoms with van der Waals surface area (Å²) in [5.74, 6) is -0.515. The maximum absolute atomic E-state index is 12.6. The molecule has 2 atom stereocenters.